The van der Waals surface area contributed by atoms with Crippen molar-refractivity contribution in [1.82, 2.24) is 9.97 Å². The summed E-state index contributed by atoms with van der Waals surface area (Å²) in [4.78, 5) is 21.5. The molecule has 1 aliphatic heterocycles. The van der Waals surface area contributed by atoms with E-state index in [-0.39, 0.29) is 6.03 Å². The van der Waals surface area contributed by atoms with Gasteiger partial charge in [-0.2, -0.15) is 4.98 Å². The van der Waals surface area contributed by atoms with Crippen molar-refractivity contribution in [2.75, 3.05) is 21.3 Å². The van der Waals surface area contributed by atoms with Gasteiger partial charge in [-0.25, -0.2) is 9.78 Å². The highest BCUT2D eigenvalue weighted by Crippen LogP contribution is 2.29. The van der Waals surface area contributed by atoms with Crippen molar-refractivity contribution in [2.24, 2.45) is 0 Å². The Labute approximate surface area is 202 Å². The van der Waals surface area contributed by atoms with E-state index in [1.54, 1.807) is 6.20 Å². The zero-order chi connectivity index (χ0) is 23.5. The number of rotatable bonds is 2. The molecule has 0 radical (unpaired) electrons. The number of anilines is 6. The van der Waals surface area contributed by atoms with Crippen molar-refractivity contribution in [3.63, 3.8) is 0 Å². The molecule has 0 saturated heterocycles. The second-order valence-electron chi connectivity index (χ2n) is 8.16. The van der Waals surface area contributed by atoms with Gasteiger partial charge in [0, 0.05) is 22.7 Å². The van der Waals surface area contributed by atoms with Crippen molar-refractivity contribution < 1.29 is 4.79 Å². The van der Waals surface area contributed by atoms with E-state index >= 15 is 0 Å². The van der Waals surface area contributed by atoms with Crippen molar-refractivity contribution >= 4 is 52.1 Å². The zero-order valence-corrected chi connectivity index (χ0v) is 19.3. The number of amides is 2. The van der Waals surface area contributed by atoms with Gasteiger partial charge < -0.3 is 21.3 Å². The molecule has 0 atom stereocenters. The van der Waals surface area contributed by atoms with Crippen molar-refractivity contribution in [3.8, 4) is 0 Å². The van der Waals surface area contributed by atoms with Gasteiger partial charge >= 0.3 is 6.03 Å². The molecule has 2 amide bonds. The summed E-state index contributed by atoms with van der Waals surface area (Å²) >= 11 is 6.34. The van der Waals surface area contributed by atoms with E-state index in [0.29, 0.717) is 16.8 Å². The summed E-state index contributed by atoms with van der Waals surface area (Å²) < 4.78 is 0. The summed E-state index contributed by atoms with van der Waals surface area (Å²) in [5, 5.41) is 12.8. The summed E-state index contributed by atoms with van der Waals surface area (Å²) in [6, 6.07) is 21.3. The number of urea groups is 1. The number of nitrogens with one attached hydrogen (secondary N) is 4. The standard InChI is InChI=1S/C26H23ClN6O/c1-16-5-9-19(10-6-16)31-26(34)32-23-12-11-21-14-18(23)8-7-17-3-2-4-20(13-17)30-25-28-15-22(27)24(29-21)33-25/h2-6,9-15H,7-8H2,1H3,(H2,31,32,34)(H2,28,29,30,33). The molecule has 0 aliphatic carbocycles. The average molecular weight is 471 g/mol. The molecule has 0 fully saturated rings. The van der Waals surface area contributed by atoms with Gasteiger partial charge in [0.25, 0.3) is 0 Å². The van der Waals surface area contributed by atoms with Gasteiger partial charge in [-0.1, -0.05) is 41.4 Å². The van der Waals surface area contributed by atoms with E-state index in [1.165, 1.54) is 0 Å². The summed E-state index contributed by atoms with van der Waals surface area (Å²) in [7, 11) is 0. The Morgan fingerprint density at radius 1 is 0.941 bits per heavy atom. The molecule has 170 valence electrons. The second kappa shape index (κ2) is 9.41. The molecule has 0 spiro atoms. The quantitative estimate of drug-likeness (QED) is 0.262. The number of aryl methyl sites for hydroxylation is 3. The molecule has 5 rings (SSSR count). The molecule has 2 heterocycles. The highest BCUT2D eigenvalue weighted by atomic mass is 35.5. The van der Waals surface area contributed by atoms with Crippen LogP contribution in [0.4, 0.5) is 39.3 Å². The van der Waals surface area contributed by atoms with Gasteiger partial charge in [0.05, 0.1) is 6.20 Å². The molecule has 6 bridgehead atoms. The van der Waals surface area contributed by atoms with Crippen LogP contribution >= 0.6 is 11.6 Å². The van der Waals surface area contributed by atoms with E-state index in [0.717, 1.165) is 52.3 Å². The van der Waals surface area contributed by atoms with Crippen LogP contribution in [0.3, 0.4) is 0 Å². The number of carbonyl (C=O) groups excluding carboxylic acids is 1. The smallest absolute Gasteiger partial charge is 0.323 e. The van der Waals surface area contributed by atoms with Gasteiger partial charge in [0.2, 0.25) is 5.95 Å². The first-order valence-corrected chi connectivity index (χ1v) is 11.3. The second-order valence-corrected chi connectivity index (χ2v) is 8.56. The molecule has 1 aliphatic rings. The lowest BCUT2D eigenvalue weighted by Gasteiger charge is -2.15. The number of carbonyl (C=O) groups is 1. The number of fused-ring (bicyclic) bond motifs is 6. The molecule has 4 aromatic rings. The van der Waals surface area contributed by atoms with E-state index in [1.807, 2.05) is 61.5 Å². The minimum atomic E-state index is -0.293. The Bertz CT molecular complexity index is 1360. The molecule has 1 aromatic heterocycles. The lowest BCUT2D eigenvalue weighted by molar-refractivity contribution is 0.262. The van der Waals surface area contributed by atoms with Gasteiger partial charge in [-0.15, -0.1) is 0 Å². The molecule has 0 saturated carbocycles. The number of nitrogens with zero attached hydrogens (tertiary/aromatic N) is 2. The molecule has 7 nitrogen and oxygen atoms in total. The third-order valence-corrected chi connectivity index (χ3v) is 5.81. The van der Waals surface area contributed by atoms with Gasteiger partial charge in [0.1, 0.15) is 5.02 Å². The van der Waals surface area contributed by atoms with Crippen LogP contribution in [0.5, 0.6) is 0 Å². The first kappa shape index (κ1) is 21.7. The maximum absolute atomic E-state index is 12.7. The molecule has 8 heteroatoms. The molecule has 3 aromatic carbocycles. The average Bonchev–Trinajstić information content (AvgIpc) is 2.83. The lowest BCUT2D eigenvalue weighted by atomic mass is 10.0. The Kier molecular flexibility index (Phi) is 6.01. The number of hydrogen-bond donors (Lipinski definition) is 4. The third kappa shape index (κ3) is 5.10. The lowest BCUT2D eigenvalue weighted by Crippen LogP contribution is -2.20. The number of benzene rings is 3. The van der Waals surface area contributed by atoms with Gasteiger partial charge in [-0.05, 0) is 73.4 Å². The Hall–Kier alpha value is -4.10. The fourth-order valence-electron chi connectivity index (χ4n) is 3.79. The fourth-order valence-corrected chi connectivity index (χ4v) is 3.92. The van der Waals surface area contributed by atoms with E-state index < -0.39 is 0 Å². The zero-order valence-electron chi connectivity index (χ0n) is 18.5. The predicted molar refractivity (Wildman–Crippen MR) is 138 cm³/mol. The normalized spacial score (nSPS) is 12.2. The molecular formula is C26H23ClN6O. The summed E-state index contributed by atoms with van der Waals surface area (Å²) in [5.74, 6) is 0.952. The van der Waals surface area contributed by atoms with Crippen LogP contribution in [-0.2, 0) is 12.8 Å². The van der Waals surface area contributed by atoms with Gasteiger partial charge in [0.15, 0.2) is 5.82 Å². The highest BCUT2D eigenvalue weighted by Gasteiger charge is 2.13. The Morgan fingerprint density at radius 2 is 1.76 bits per heavy atom. The third-order valence-electron chi connectivity index (χ3n) is 5.54. The largest absolute Gasteiger partial charge is 0.339 e. The maximum Gasteiger partial charge on any atom is 0.323 e. The topological polar surface area (TPSA) is 91.0 Å². The first-order chi connectivity index (χ1) is 16.5. The Morgan fingerprint density at radius 3 is 2.62 bits per heavy atom. The summed E-state index contributed by atoms with van der Waals surface area (Å²) in [6.45, 7) is 2.01. The van der Waals surface area contributed by atoms with E-state index in [4.69, 9.17) is 11.6 Å². The number of hydrogen-bond acceptors (Lipinski definition) is 5. The fraction of sp³-hybridized carbons (Fsp3) is 0.115. The van der Waals surface area contributed by atoms with E-state index in [2.05, 4.69) is 43.4 Å². The van der Waals surface area contributed by atoms with Crippen molar-refractivity contribution in [1.29, 1.82) is 0 Å². The van der Waals surface area contributed by atoms with Crippen molar-refractivity contribution in [2.45, 2.75) is 19.8 Å². The predicted octanol–water partition coefficient (Wildman–Crippen LogP) is 6.67. The monoisotopic (exact) mass is 470 g/mol. The summed E-state index contributed by atoms with van der Waals surface area (Å²) in [5.41, 5.74) is 6.48. The molecule has 4 N–H and O–H groups in total. The van der Waals surface area contributed by atoms with Crippen LogP contribution in [0.1, 0.15) is 16.7 Å². The van der Waals surface area contributed by atoms with Crippen LogP contribution in [0.15, 0.2) is 72.9 Å². The van der Waals surface area contributed by atoms with Crippen LogP contribution in [0.2, 0.25) is 5.02 Å². The molecule has 34 heavy (non-hydrogen) atoms. The highest BCUT2D eigenvalue weighted by molar-refractivity contribution is 6.32. The van der Waals surface area contributed by atoms with Crippen LogP contribution in [-0.4, -0.2) is 16.0 Å². The van der Waals surface area contributed by atoms with Crippen molar-refractivity contribution in [3.05, 3.63) is 94.6 Å². The number of halogens is 1. The van der Waals surface area contributed by atoms with Crippen LogP contribution in [0.25, 0.3) is 0 Å². The van der Waals surface area contributed by atoms with E-state index in [9.17, 15) is 4.79 Å². The first-order valence-electron chi connectivity index (χ1n) is 10.9. The number of aromatic nitrogens is 2. The van der Waals surface area contributed by atoms with Crippen LogP contribution in [0, 0.1) is 6.92 Å². The SMILES string of the molecule is Cc1ccc(NC(=O)Nc2ccc3cc2CCc2cccc(c2)Nc2ncc(Cl)c(n2)N3)cc1. The maximum atomic E-state index is 12.7. The van der Waals surface area contributed by atoms with Crippen LogP contribution < -0.4 is 21.3 Å². The molecule has 0 unspecified atom stereocenters. The molecular weight excluding hydrogens is 448 g/mol. The minimum absolute atomic E-state index is 0.293. The minimum Gasteiger partial charge on any atom is -0.339 e. The Balaban J connectivity index is 1.45. The summed E-state index contributed by atoms with van der Waals surface area (Å²) in [6.07, 6.45) is 3.09. The van der Waals surface area contributed by atoms with Gasteiger partial charge in [-0.3, -0.25) is 0 Å².